The zero-order chi connectivity index (χ0) is 13.2. The van der Waals surface area contributed by atoms with E-state index in [1.165, 1.54) is 7.11 Å². The number of carbonyl (C=O) groups excluding carboxylic acids is 1. The molecule has 1 aliphatic heterocycles. The van der Waals surface area contributed by atoms with Crippen LogP contribution in [0, 0.1) is 0 Å². The smallest absolute Gasteiger partial charge is 0.339 e. The maximum absolute atomic E-state index is 11.7. The number of carbonyl (C=O) groups is 1. The van der Waals surface area contributed by atoms with Gasteiger partial charge in [-0.2, -0.15) is 0 Å². The number of para-hydroxylation sites is 1. The number of esters is 1. The highest BCUT2D eigenvalue weighted by atomic mass is 16.5. The number of hydrogen-bond donors (Lipinski definition) is 1. The molecule has 0 radical (unpaired) electrons. The minimum Gasteiger partial charge on any atom is -0.465 e. The summed E-state index contributed by atoms with van der Waals surface area (Å²) >= 11 is 0. The van der Waals surface area contributed by atoms with Gasteiger partial charge in [-0.3, -0.25) is 0 Å². The Morgan fingerprint density at radius 1 is 1.33 bits per heavy atom. The molecular formula is C14H20N2O2. The lowest BCUT2D eigenvalue weighted by atomic mass is 9.90. The molecule has 4 nitrogen and oxygen atoms in total. The molecular weight excluding hydrogens is 228 g/mol. The molecule has 2 N–H and O–H groups in total. The molecule has 4 heteroatoms. The number of piperidine rings is 1. The number of hydrogen-bond acceptors (Lipinski definition) is 4. The third kappa shape index (κ3) is 2.64. The monoisotopic (exact) mass is 248 g/mol. The molecule has 0 aromatic heterocycles. The number of rotatable bonds is 2. The van der Waals surface area contributed by atoms with Crippen molar-refractivity contribution in [3.05, 3.63) is 29.8 Å². The molecule has 0 spiro atoms. The van der Waals surface area contributed by atoms with E-state index < -0.39 is 0 Å². The van der Waals surface area contributed by atoms with Crippen LogP contribution in [0.25, 0.3) is 0 Å². The summed E-state index contributed by atoms with van der Waals surface area (Å²) in [6.07, 6.45) is 1.87. The Hall–Kier alpha value is -1.55. The van der Waals surface area contributed by atoms with Crippen molar-refractivity contribution in [2.45, 2.75) is 25.3 Å². The van der Waals surface area contributed by atoms with Gasteiger partial charge in [0.15, 0.2) is 0 Å². The maximum Gasteiger partial charge on any atom is 0.339 e. The van der Waals surface area contributed by atoms with E-state index in [4.69, 9.17) is 10.5 Å². The topological polar surface area (TPSA) is 55.6 Å². The summed E-state index contributed by atoms with van der Waals surface area (Å²) in [5.41, 5.74) is 7.61. The van der Waals surface area contributed by atoms with Crippen molar-refractivity contribution in [3.63, 3.8) is 0 Å². The number of anilines is 1. The van der Waals surface area contributed by atoms with Crippen LogP contribution < -0.4 is 10.6 Å². The Bertz CT molecular complexity index is 433. The lowest BCUT2D eigenvalue weighted by Crippen LogP contribution is -2.48. The van der Waals surface area contributed by atoms with Crippen LogP contribution in [0.5, 0.6) is 0 Å². The zero-order valence-electron chi connectivity index (χ0n) is 11.0. The lowest BCUT2D eigenvalue weighted by Gasteiger charge is -2.38. The molecule has 2 rings (SSSR count). The number of ether oxygens (including phenoxy) is 1. The predicted octanol–water partition coefficient (Wildman–Crippen LogP) is 1.79. The highest BCUT2D eigenvalue weighted by molar-refractivity contribution is 5.95. The van der Waals surface area contributed by atoms with Crippen molar-refractivity contribution >= 4 is 11.7 Å². The fourth-order valence-electron chi connectivity index (χ4n) is 2.29. The number of nitrogens with two attached hydrogens (primary N) is 1. The standard InChI is InChI=1S/C14H20N2O2/c1-14(15)7-9-16(10-8-14)12-6-4-3-5-11(12)13(17)18-2/h3-6H,7-10,15H2,1-2H3. The molecule has 0 bridgehead atoms. The van der Waals surface area contributed by atoms with Crippen molar-refractivity contribution < 1.29 is 9.53 Å². The molecule has 98 valence electrons. The molecule has 0 unspecified atom stereocenters. The molecule has 1 aromatic carbocycles. The lowest BCUT2D eigenvalue weighted by molar-refractivity contribution is 0.0601. The number of methoxy groups -OCH3 is 1. The zero-order valence-corrected chi connectivity index (χ0v) is 11.0. The summed E-state index contributed by atoms with van der Waals surface area (Å²) in [5.74, 6) is -0.285. The van der Waals surface area contributed by atoms with E-state index >= 15 is 0 Å². The van der Waals surface area contributed by atoms with Crippen LogP contribution in [-0.2, 0) is 4.74 Å². The van der Waals surface area contributed by atoms with Gasteiger partial charge < -0.3 is 15.4 Å². The molecule has 1 saturated heterocycles. The molecule has 1 fully saturated rings. The van der Waals surface area contributed by atoms with E-state index in [-0.39, 0.29) is 11.5 Å². The molecule has 1 aromatic rings. The van der Waals surface area contributed by atoms with Gasteiger partial charge in [-0.05, 0) is 31.9 Å². The minimum atomic E-state index is -0.285. The van der Waals surface area contributed by atoms with Gasteiger partial charge in [0.25, 0.3) is 0 Å². The van der Waals surface area contributed by atoms with Crippen LogP contribution in [0.1, 0.15) is 30.1 Å². The summed E-state index contributed by atoms with van der Waals surface area (Å²) in [6, 6.07) is 7.56. The van der Waals surface area contributed by atoms with Crippen molar-refractivity contribution in [2.24, 2.45) is 5.73 Å². The first-order chi connectivity index (χ1) is 8.53. The van der Waals surface area contributed by atoms with Crippen LogP contribution in [0.4, 0.5) is 5.69 Å². The molecule has 1 heterocycles. The first kappa shape index (κ1) is 12.9. The molecule has 0 aliphatic carbocycles. The quantitative estimate of drug-likeness (QED) is 0.811. The van der Waals surface area contributed by atoms with Crippen LogP contribution >= 0.6 is 0 Å². The van der Waals surface area contributed by atoms with Crippen molar-refractivity contribution in [1.29, 1.82) is 0 Å². The predicted molar refractivity (Wildman–Crippen MR) is 71.8 cm³/mol. The highest BCUT2D eigenvalue weighted by Gasteiger charge is 2.27. The fraction of sp³-hybridized carbons (Fsp3) is 0.500. The van der Waals surface area contributed by atoms with Gasteiger partial charge in [0.2, 0.25) is 0 Å². The van der Waals surface area contributed by atoms with Gasteiger partial charge in [0.05, 0.1) is 18.4 Å². The van der Waals surface area contributed by atoms with E-state index in [0.717, 1.165) is 31.6 Å². The fourth-order valence-corrected chi connectivity index (χ4v) is 2.29. The molecule has 18 heavy (non-hydrogen) atoms. The van der Waals surface area contributed by atoms with Gasteiger partial charge in [0.1, 0.15) is 0 Å². The summed E-state index contributed by atoms with van der Waals surface area (Å²) in [4.78, 5) is 13.9. The van der Waals surface area contributed by atoms with Gasteiger partial charge in [0, 0.05) is 18.6 Å². The Morgan fingerprint density at radius 3 is 2.56 bits per heavy atom. The average molecular weight is 248 g/mol. The van der Waals surface area contributed by atoms with E-state index in [2.05, 4.69) is 11.8 Å². The molecule has 0 saturated carbocycles. The summed E-state index contributed by atoms with van der Waals surface area (Å²) in [5, 5.41) is 0. The average Bonchev–Trinajstić information content (AvgIpc) is 2.38. The second-order valence-electron chi connectivity index (χ2n) is 5.15. The van der Waals surface area contributed by atoms with E-state index in [0.29, 0.717) is 5.56 Å². The number of nitrogens with zero attached hydrogens (tertiary/aromatic N) is 1. The van der Waals surface area contributed by atoms with E-state index in [1.807, 2.05) is 18.2 Å². The number of benzene rings is 1. The maximum atomic E-state index is 11.7. The third-order valence-corrected chi connectivity index (χ3v) is 3.56. The van der Waals surface area contributed by atoms with Crippen molar-refractivity contribution in [1.82, 2.24) is 0 Å². The Labute approximate surface area is 108 Å². The van der Waals surface area contributed by atoms with Crippen molar-refractivity contribution in [3.8, 4) is 0 Å². The minimum absolute atomic E-state index is 0.0866. The first-order valence-corrected chi connectivity index (χ1v) is 6.25. The van der Waals surface area contributed by atoms with Gasteiger partial charge >= 0.3 is 5.97 Å². The van der Waals surface area contributed by atoms with E-state index in [9.17, 15) is 4.79 Å². The van der Waals surface area contributed by atoms with Crippen LogP contribution in [-0.4, -0.2) is 31.7 Å². The van der Waals surface area contributed by atoms with Gasteiger partial charge in [-0.25, -0.2) is 4.79 Å². The molecule has 1 aliphatic rings. The molecule has 0 atom stereocenters. The SMILES string of the molecule is COC(=O)c1ccccc1N1CCC(C)(N)CC1. The van der Waals surface area contributed by atoms with Crippen molar-refractivity contribution in [2.75, 3.05) is 25.1 Å². The van der Waals surface area contributed by atoms with Gasteiger partial charge in [-0.1, -0.05) is 12.1 Å². The van der Waals surface area contributed by atoms with E-state index in [1.54, 1.807) is 6.07 Å². The summed E-state index contributed by atoms with van der Waals surface area (Å²) in [7, 11) is 1.41. The van der Waals surface area contributed by atoms with Crippen LogP contribution in [0.15, 0.2) is 24.3 Å². The second-order valence-corrected chi connectivity index (χ2v) is 5.15. The normalized spacial score (nSPS) is 18.5. The summed E-state index contributed by atoms with van der Waals surface area (Å²) in [6.45, 7) is 3.83. The van der Waals surface area contributed by atoms with Crippen LogP contribution in [0.3, 0.4) is 0 Å². The van der Waals surface area contributed by atoms with Gasteiger partial charge in [-0.15, -0.1) is 0 Å². The Balaban J connectivity index is 2.21. The van der Waals surface area contributed by atoms with Crippen LogP contribution in [0.2, 0.25) is 0 Å². The highest BCUT2D eigenvalue weighted by Crippen LogP contribution is 2.27. The largest absolute Gasteiger partial charge is 0.465 e. The summed E-state index contributed by atoms with van der Waals surface area (Å²) < 4.78 is 4.82. The Kier molecular flexibility index (Phi) is 3.57. The Morgan fingerprint density at radius 2 is 1.94 bits per heavy atom. The third-order valence-electron chi connectivity index (χ3n) is 3.56. The molecule has 0 amide bonds. The second kappa shape index (κ2) is 4.98. The first-order valence-electron chi connectivity index (χ1n) is 6.25.